The van der Waals surface area contributed by atoms with E-state index in [0.717, 1.165) is 5.56 Å². The monoisotopic (exact) mass is 428 g/mol. The zero-order valence-corrected chi connectivity index (χ0v) is 17.7. The Kier molecular flexibility index (Phi) is 6.22. The summed E-state index contributed by atoms with van der Waals surface area (Å²) in [5.74, 6) is -0.468. The molecule has 0 unspecified atom stereocenters. The fraction of sp³-hybridized carbons (Fsp3) is 0.154. The third kappa shape index (κ3) is 4.34. The van der Waals surface area contributed by atoms with Crippen molar-refractivity contribution in [3.05, 3.63) is 95.1 Å². The number of esters is 1. The molecule has 0 atom stereocenters. The number of nitrogen functional groups attached to an aromatic ring is 1. The molecule has 162 valence electrons. The standard InChI is InChI=1S/C26H24N2O4/c1-31-25(29)22-15-17(12-13-24(22)27)7-6-14-28-26(30)32-16-23-20-10-4-2-8-18(20)19-9-3-5-11-21(19)23/h2-13,15,23H,14,16,27H2,1H3,(H,28,30). The highest BCUT2D eigenvalue weighted by Crippen LogP contribution is 2.44. The fourth-order valence-corrected chi connectivity index (χ4v) is 3.95. The number of benzene rings is 3. The lowest BCUT2D eigenvalue weighted by atomic mass is 9.98. The lowest BCUT2D eigenvalue weighted by Gasteiger charge is -2.14. The van der Waals surface area contributed by atoms with E-state index in [1.54, 1.807) is 30.4 Å². The number of carbonyl (C=O) groups is 2. The minimum absolute atomic E-state index is 0.0233. The normalized spacial score (nSPS) is 12.3. The van der Waals surface area contributed by atoms with E-state index in [4.69, 9.17) is 15.2 Å². The Hall–Kier alpha value is -4.06. The third-order valence-electron chi connectivity index (χ3n) is 5.50. The largest absolute Gasteiger partial charge is 0.465 e. The molecule has 0 fully saturated rings. The van der Waals surface area contributed by atoms with Crippen molar-refractivity contribution in [3.63, 3.8) is 0 Å². The van der Waals surface area contributed by atoms with Gasteiger partial charge in [-0.3, -0.25) is 0 Å². The first kappa shape index (κ1) is 21.2. The molecule has 0 radical (unpaired) electrons. The number of carbonyl (C=O) groups excluding carboxylic acids is 2. The van der Waals surface area contributed by atoms with Gasteiger partial charge in [-0.05, 0) is 39.9 Å². The van der Waals surface area contributed by atoms with Gasteiger partial charge in [0, 0.05) is 18.2 Å². The van der Waals surface area contributed by atoms with Crippen LogP contribution in [0.15, 0.2) is 72.8 Å². The average molecular weight is 428 g/mol. The number of methoxy groups -OCH3 is 1. The lowest BCUT2D eigenvalue weighted by Crippen LogP contribution is -2.26. The Balaban J connectivity index is 1.32. The minimum atomic E-state index is -0.491. The van der Waals surface area contributed by atoms with E-state index < -0.39 is 12.1 Å². The number of alkyl carbamates (subject to hydrolysis) is 1. The maximum Gasteiger partial charge on any atom is 0.407 e. The SMILES string of the molecule is COC(=O)c1cc(C=CCNC(=O)OCC2c3ccccc3-c3ccccc32)ccc1N. The molecule has 0 heterocycles. The molecule has 0 spiro atoms. The maximum absolute atomic E-state index is 12.2. The summed E-state index contributed by atoms with van der Waals surface area (Å²) in [5.41, 5.74) is 12.0. The molecular formula is C26H24N2O4. The maximum atomic E-state index is 12.2. The lowest BCUT2D eigenvalue weighted by molar-refractivity contribution is 0.0602. The van der Waals surface area contributed by atoms with E-state index in [-0.39, 0.29) is 19.1 Å². The van der Waals surface area contributed by atoms with Gasteiger partial charge in [-0.2, -0.15) is 0 Å². The van der Waals surface area contributed by atoms with Crippen LogP contribution in [0.3, 0.4) is 0 Å². The van der Waals surface area contributed by atoms with Gasteiger partial charge in [0.05, 0.1) is 12.7 Å². The Morgan fingerprint density at radius 2 is 1.66 bits per heavy atom. The van der Waals surface area contributed by atoms with Crippen molar-refractivity contribution in [3.8, 4) is 11.1 Å². The van der Waals surface area contributed by atoms with Crippen molar-refractivity contribution in [2.24, 2.45) is 0 Å². The van der Waals surface area contributed by atoms with Crippen LogP contribution in [0, 0.1) is 0 Å². The van der Waals surface area contributed by atoms with Gasteiger partial charge in [-0.25, -0.2) is 9.59 Å². The first-order chi connectivity index (χ1) is 15.6. The summed E-state index contributed by atoms with van der Waals surface area (Å²) in [7, 11) is 1.31. The van der Waals surface area contributed by atoms with E-state index in [1.807, 2.05) is 24.3 Å². The molecule has 32 heavy (non-hydrogen) atoms. The molecule has 0 bridgehead atoms. The zero-order valence-electron chi connectivity index (χ0n) is 17.7. The second kappa shape index (κ2) is 9.39. The van der Waals surface area contributed by atoms with E-state index >= 15 is 0 Å². The molecule has 4 rings (SSSR count). The fourth-order valence-electron chi connectivity index (χ4n) is 3.95. The Morgan fingerprint density at radius 3 is 2.31 bits per heavy atom. The molecular weight excluding hydrogens is 404 g/mol. The van der Waals surface area contributed by atoms with Crippen LogP contribution >= 0.6 is 0 Å². The predicted molar refractivity (Wildman–Crippen MR) is 124 cm³/mol. The van der Waals surface area contributed by atoms with Gasteiger partial charge >= 0.3 is 12.1 Å². The molecule has 0 saturated carbocycles. The molecule has 1 amide bonds. The summed E-state index contributed by atoms with van der Waals surface area (Å²) in [6.45, 7) is 0.554. The van der Waals surface area contributed by atoms with E-state index in [0.29, 0.717) is 11.3 Å². The summed E-state index contributed by atoms with van der Waals surface area (Å²) in [5, 5.41) is 2.72. The molecule has 0 saturated heterocycles. The van der Waals surface area contributed by atoms with Crippen molar-refractivity contribution in [2.45, 2.75) is 5.92 Å². The van der Waals surface area contributed by atoms with Crippen molar-refractivity contribution in [1.82, 2.24) is 5.32 Å². The van der Waals surface area contributed by atoms with Crippen LogP contribution in [0.1, 0.15) is 33.0 Å². The number of hydrogen-bond donors (Lipinski definition) is 2. The second-order valence-electron chi connectivity index (χ2n) is 7.45. The highest BCUT2D eigenvalue weighted by atomic mass is 16.5. The van der Waals surface area contributed by atoms with Crippen LogP contribution in [0.4, 0.5) is 10.5 Å². The van der Waals surface area contributed by atoms with Crippen molar-refractivity contribution < 1.29 is 19.1 Å². The van der Waals surface area contributed by atoms with Crippen molar-refractivity contribution in [2.75, 3.05) is 26.0 Å². The molecule has 6 heteroatoms. The van der Waals surface area contributed by atoms with E-state index in [9.17, 15) is 9.59 Å². The summed E-state index contributed by atoms with van der Waals surface area (Å²) in [4.78, 5) is 24.0. The summed E-state index contributed by atoms with van der Waals surface area (Å²) < 4.78 is 10.2. The second-order valence-corrected chi connectivity index (χ2v) is 7.45. The van der Waals surface area contributed by atoms with Crippen LogP contribution in [0.5, 0.6) is 0 Å². The highest BCUT2D eigenvalue weighted by molar-refractivity contribution is 5.95. The minimum Gasteiger partial charge on any atom is -0.465 e. The molecule has 0 aromatic heterocycles. The van der Waals surface area contributed by atoms with Crippen molar-refractivity contribution >= 4 is 23.8 Å². The molecule has 3 N–H and O–H groups in total. The molecule has 1 aliphatic rings. The number of rotatable bonds is 6. The Labute approximate surface area is 186 Å². The molecule has 6 nitrogen and oxygen atoms in total. The van der Waals surface area contributed by atoms with Crippen LogP contribution in [0.2, 0.25) is 0 Å². The van der Waals surface area contributed by atoms with Gasteiger partial charge in [0.2, 0.25) is 0 Å². The van der Waals surface area contributed by atoms with Crippen LogP contribution < -0.4 is 11.1 Å². The molecule has 3 aromatic carbocycles. The van der Waals surface area contributed by atoms with Gasteiger partial charge in [0.1, 0.15) is 6.61 Å². The number of amides is 1. The highest BCUT2D eigenvalue weighted by Gasteiger charge is 2.28. The van der Waals surface area contributed by atoms with Gasteiger partial charge < -0.3 is 20.5 Å². The van der Waals surface area contributed by atoms with E-state index in [2.05, 4.69) is 29.6 Å². The predicted octanol–water partition coefficient (Wildman–Crippen LogP) is 4.61. The first-order valence-electron chi connectivity index (χ1n) is 10.3. The van der Waals surface area contributed by atoms with Crippen LogP contribution in [-0.2, 0) is 9.47 Å². The number of ether oxygens (including phenoxy) is 2. The van der Waals surface area contributed by atoms with E-state index in [1.165, 1.54) is 29.4 Å². The number of nitrogens with two attached hydrogens (primary N) is 1. The summed E-state index contributed by atoms with van der Waals surface area (Å²) >= 11 is 0. The van der Waals surface area contributed by atoms with Gasteiger partial charge in [0.15, 0.2) is 0 Å². The summed E-state index contributed by atoms with van der Waals surface area (Å²) in [6, 6.07) is 21.5. The average Bonchev–Trinajstić information content (AvgIpc) is 3.14. The van der Waals surface area contributed by atoms with Crippen molar-refractivity contribution in [1.29, 1.82) is 0 Å². The Morgan fingerprint density at radius 1 is 1.00 bits per heavy atom. The smallest absolute Gasteiger partial charge is 0.407 e. The van der Waals surface area contributed by atoms with Crippen LogP contribution in [0.25, 0.3) is 17.2 Å². The summed E-state index contributed by atoms with van der Waals surface area (Å²) in [6.07, 6.45) is 3.08. The third-order valence-corrected chi connectivity index (χ3v) is 5.50. The molecule has 3 aromatic rings. The van der Waals surface area contributed by atoms with Gasteiger partial charge in [-0.1, -0.05) is 66.7 Å². The molecule has 0 aliphatic heterocycles. The number of anilines is 1. The van der Waals surface area contributed by atoms with Crippen LogP contribution in [-0.4, -0.2) is 32.3 Å². The molecule has 1 aliphatic carbocycles. The Bertz CT molecular complexity index is 1140. The quantitative estimate of drug-likeness (QED) is 0.442. The van der Waals surface area contributed by atoms with Gasteiger partial charge in [-0.15, -0.1) is 0 Å². The number of nitrogens with one attached hydrogen (secondary N) is 1. The number of hydrogen-bond acceptors (Lipinski definition) is 5. The zero-order chi connectivity index (χ0) is 22.5. The topological polar surface area (TPSA) is 90.6 Å². The first-order valence-corrected chi connectivity index (χ1v) is 10.3. The number of fused-ring (bicyclic) bond motifs is 3. The van der Waals surface area contributed by atoms with Gasteiger partial charge in [0.25, 0.3) is 0 Å².